The molecule has 1 saturated heterocycles. The predicted molar refractivity (Wildman–Crippen MR) is 72.1 cm³/mol. The first-order chi connectivity index (χ1) is 9.11. The number of likely N-dealkylation sites (tertiary alicyclic amines) is 1. The lowest BCUT2D eigenvalue weighted by molar-refractivity contribution is -0.138. The van der Waals surface area contributed by atoms with E-state index >= 15 is 0 Å². The van der Waals surface area contributed by atoms with Crippen molar-refractivity contribution < 1.29 is 14.6 Å². The maximum absolute atomic E-state index is 10.9. The molecule has 0 aromatic heterocycles. The van der Waals surface area contributed by atoms with Crippen molar-refractivity contribution >= 4 is 5.97 Å². The molecule has 19 heavy (non-hydrogen) atoms. The third-order valence-electron chi connectivity index (χ3n) is 3.52. The van der Waals surface area contributed by atoms with Gasteiger partial charge in [-0.05, 0) is 43.6 Å². The van der Waals surface area contributed by atoms with E-state index in [0.717, 1.165) is 30.9 Å². The number of carboxylic acids is 1. The molecule has 104 valence electrons. The summed E-state index contributed by atoms with van der Waals surface area (Å²) >= 11 is 0. The summed E-state index contributed by atoms with van der Waals surface area (Å²) in [4.78, 5) is 13.3. The predicted octanol–water partition coefficient (Wildman–Crippen LogP) is 1.38. The number of carboxylic acid groups (broad SMARTS) is 1. The molecule has 0 spiro atoms. The fraction of sp³-hybridized carbons (Fsp3) is 0.500. The molecule has 1 fully saturated rings. The second kappa shape index (κ2) is 6.04. The molecule has 0 amide bonds. The van der Waals surface area contributed by atoms with Crippen LogP contribution < -0.4 is 10.5 Å². The second-order valence-corrected chi connectivity index (χ2v) is 4.87. The molecule has 0 bridgehead atoms. The Labute approximate surface area is 113 Å². The first kappa shape index (κ1) is 13.8. The van der Waals surface area contributed by atoms with E-state index in [4.69, 9.17) is 15.6 Å². The third-order valence-corrected chi connectivity index (χ3v) is 3.52. The summed E-state index contributed by atoms with van der Waals surface area (Å²) in [6, 6.07) is 4.37. The van der Waals surface area contributed by atoms with Crippen LogP contribution in [0.3, 0.4) is 0 Å². The topological polar surface area (TPSA) is 75.8 Å². The van der Waals surface area contributed by atoms with Gasteiger partial charge in [0.25, 0.3) is 0 Å². The Kier molecular flexibility index (Phi) is 4.39. The average Bonchev–Trinajstić information content (AvgIpc) is 2.90. The monoisotopic (exact) mass is 264 g/mol. The molecule has 1 aliphatic rings. The molecule has 0 aliphatic carbocycles. The van der Waals surface area contributed by atoms with E-state index < -0.39 is 12.0 Å². The highest BCUT2D eigenvalue weighted by Gasteiger charge is 2.18. The fourth-order valence-electron chi connectivity index (χ4n) is 2.44. The summed E-state index contributed by atoms with van der Waals surface area (Å²) in [6.45, 7) is 2.94. The lowest BCUT2D eigenvalue weighted by Gasteiger charge is -2.18. The molecule has 1 heterocycles. The van der Waals surface area contributed by atoms with E-state index in [2.05, 4.69) is 4.90 Å². The van der Waals surface area contributed by atoms with E-state index in [1.165, 1.54) is 12.8 Å². The van der Waals surface area contributed by atoms with Gasteiger partial charge in [0.05, 0.1) is 7.11 Å². The Morgan fingerprint density at radius 1 is 1.47 bits per heavy atom. The standard InChI is InChI=1S/C14H20N2O3/c1-19-12-5-4-10(13(15)14(17)18)8-11(12)9-16-6-2-3-7-16/h4-5,8,13H,2-3,6-7,9,15H2,1H3,(H,17,18)/t13-/m0/s1. The number of rotatable bonds is 5. The van der Waals surface area contributed by atoms with E-state index in [-0.39, 0.29) is 0 Å². The summed E-state index contributed by atoms with van der Waals surface area (Å²) in [5.41, 5.74) is 7.26. The number of methoxy groups -OCH3 is 1. The van der Waals surface area contributed by atoms with Gasteiger partial charge < -0.3 is 15.6 Å². The number of ether oxygens (including phenoxy) is 1. The number of benzene rings is 1. The maximum atomic E-state index is 10.9. The normalized spacial score (nSPS) is 17.4. The Hall–Kier alpha value is -1.59. The van der Waals surface area contributed by atoms with Crippen LogP contribution in [0.2, 0.25) is 0 Å². The molecule has 1 atom stereocenters. The van der Waals surface area contributed by atoms with Crippen LogP contribution in [-0.2, 0) is 11.3 Å². The largest absolute Gasteiger partial charge is 0.496 e. The number of nitrogens with zero attached hydrogens (tertiary/aromatic N) is 1. The van der Waals surface area contributed by atoms with Crippen LogP contribution in [0.15, 0.2) is 18.2 Å². The van der Waals surface area contributed by atoms with Crippen LogP contribution in [0.1, 0.15) is 30.0 Å². The van der Waals surface area contributed by atoms with E-state index in [0.29, 0.717) is 5.56 Å². The first-order valence-electron chi connectivity index (χ1n) is 6.49. The van der Waals surface area contributed by atoms with E-state index in [9.17, 15) is 4.79 Å². The summed E-state index contributed by atoms with van der Waals surface area (Å²) in [5.74, 6) is -0.231. The van der Waals surface area contributed by atoms with Gasteiger partial charge in [0.15, 0.2) is 0 Å². The molecule has 0 radical (unpaired) electrons. The number of hydrogen-bond donors (Lipinski definition) is 2. The minimum Gasteiger partial charge on any atom is -0.496 e. The number of aliphatic carboxylic acids is 1. The Bertz CT molecular complexity index is 456. The van der Waals surface area contributed by atoms with Crippen LogP contribution in [-0.4, -0.2) is 36.2 Å². The molecule has 5 nitrogen and oxygen atoms in total. The highest BCUT2D eigenvalue weighted by molar-refractivity contribution is 5.75. The van der Waals surface area contributed by atoms with Crippen molar-refractivity contribution in [3.63, 3.8) is 0 Å². The van der Waals surface area contributed by atoms with Crippen molar-refractivity contribution in [2.75, 3.05) is 20.2 Å². The van der Waals surface area contributed by atoms with Crippen LogP contribution in [0.5, 0.6) is 5.75 Å². The van der Waals surface area contributed by atoms with Crippen LogP contribution >= 0.6 is 0 Å². The van der Waals surface area contributed by atoms with Crippen molar-refractivity contribution in [1.82, 2.24) is 4.90 Å². The molecule has 0 saturated carbocycles. The van der Waals surface area contributed by atoms with Crippen molar-refractivity contribution in [1.29, 1.82) is 0 Å². The summed E-state index contributed by atoms with van der Waals surface area (Å²) in [6.07, 6.45) is 2.44. The van der Waals surface area contributed by atoms with Crippen LogP contribution in [0.4, 0.5) is 0 Å². The first-order valence-corrected chi connectivity index (χ1v) is 6.49. The summed E-state index contributed by atoms with van der Waals surface area (Å²) in [7, 11) is 1.62. The van der Waals surface area contributed by atoms with Crippen molar-refractivity contribution in [3.8, 4) is 5.75 Å². The SMILES string of the molecule is COc1ccc([C@H](N)C(=O)O)cc1CN1CCCC1. The van der Waals surface area contributed by atoms with Gasteiger partial charge in [-0.2, -0.15) is 0 Å². The molecular formula is C14H20N2O3. The highest BCUT2D eigenvalue weighted by Crippen LogP contribution is 2.25. The van der Waals surface area contributed by atoms with E-state index in [1.807, 2.05) is 6.07 Å². The van der Waals surface area contributed by atoms with Gasteiger partial charge in [0.1, 0.15) is 11.8 Å². The third kappa shape index (κ3) is 3.24. The van der Waals surface area contributed by atoms with Crippen molar-refractivity contribution in [3.05, 3.63) is 29.3 Å². The van der Waals surface area contributed by atoms with Gasteiger partial charge in [0.2, 0.25) is 0 Å². The van der Waals surface area contributed by atoms with Crippen LogP contribution in [0.25, 0.3) is 0 Å². The summed E-state index contributed by atoms with van der Waals surface area (Å²) in [5, 5.41) is 8.97. The van der Waals surface area contributed by atoms with Gasteiger partial charge in [-0.3, -0.25) is 9.69 Å². The maximum Gasteiger partial charge on any atom is 0.325 e. The number of hydrogen-bond acceptors (Lipinski definition) is 4. The Morgan fingerprint density at radius 3 is 2.74 bits per heavy atom. The lowest BCUT2D eigenvalue weighted by atomic mass is 10.0. The molecule has 0 unspecified atom stereocenters. The molecule has 3 N–H and O–H groups in total. The zero-order valence-electron chi connectivity index (χ0n) is 11.1. The molecule has 1 aromatic rings. The molecule has 5 heteroatoms. The number of nitrogens with two attached hydrogens (primary N) is 1. The van der Waals surface area contributed by atoms with Crippen molar-refractivity contribution in [2.45, 2.75) is 25.4 Å². The minimum absolute atomic E-state index is 0.613. The fourth-order valence-corrected chi connectivity index (χ4v) is 2.44. The highest BCUT2D eigenvalue weighted by atomic mass is 16.5. The molecular weight excluding hydrogens is 244 g/mol. The van der Waals surface area contributed by atoms with Gasteiger partial charge in [0, 0.05) is 12.1 Å². The number of carbonyl (C=O) groups is 1. The summed E-state index contributed by atoms with van der Waals surface area (Å²) < 4.78 is 5.34. The van der Waals surface area contributed by atoms with Crippen molar-refractivity contribution in [2.24, 2.45) is 5.73 Å². The Morgan fingerprint density at radius 2 is 2.16 bits per heavy atom. The lowest BCUT2D eigenvalue weighted by Crippen LogP contribution is -2.22. The smallest absolute Gasteiger partial charge is 0.325 e. The average molecular weight is 264 g/mol. The van der Waals surface area contributed by atoms with Gasteiger partial charge >= 0.3 is 5.97 Å². The minimum atomic E-state index is -1.02. The zero-order chi connectivity index (χ0) is 13.8. The van der Waals surface area contributed by atoms with Gasteiger partial charge in [-0.15, -0.1) is 0 Å². The zero-order valence-corrected chi connectivity index (χ0v) is 11.1. The molecule has 1 aromatic carbocycles. The molecule has 1 aliphatic heterocycles. The van der Waals surface area contributed by atoms with E-state index in [1.54, 1.807) is 19.2 Å². The van der Waals surface area contributed by atoms with Gasteiger partial charge in [-0.1, -0.05) is 6.07 Å². The van der Waals surface area contributed by atoms with Crippen LogP contribution in [0, 0.1) is 0 Å². The molecule has 2 rings (SSSR count). The quantitative estimate of drug-likeness (QED) is 0.840. The van der Waals surface area contributed by atoms with Gasteiger partial charge in [-0.25, -0.2) is 0 Å². The Balaban J connectivity index is 2.22. The second-order valence-electron chi connectivity index (χ2n) is 4.87.